The first kappa shape index (κ1) is 16.5. The maximum absolute atomic E-state index is 11.9. The Hall–Kier alpha value is -2.34. The summed E-state index contributed by atoms with van der Waals surface area (Å²) in [4.78, 5) is 16.1. The molecule has 0 unspecified atom stereocenters. The molecule has 1 aliphatic rings. The summed E-state index contributed by atoms with van der Waals surface area (Å²) in [5, 5.41) is 6.29. The van der Waals surface area contributed by atoms with Crippen molar-refractivity contribution in [3.05, 3.63) is 48.0 Å². The van der Waals surface area contributed by atoms with Crippen LogP contribution in [0.25, 0.3) is 0 Å². The van der Waals surface area contributed by atoms with E-state index in [1.54, 1.807) is 6.20 Å². The molecular weight excluding hydrogens is 304 g/mol. The molecule has 0 aliphatic carbocycles. The predicted octanol–water partition coefficient (Wildman–Crippen LogP) is 1.76. The molecule has 24 heavy (non-hydrogen) atoms. The van der Waals surface area contributed by atoms with Crippen molar-refractivity contribution in [2.24, 2.45) is 7.05 Å². The Morgan fingerprint density at radius 3 is 2.92 bits per heavy atom. The third-order valence-corrected chi connectivity index (χ3v) is 4.30. The molecule has 6 nitrogen and oxygen atoms in total. The van der Waals surface area contributed by atoms with Crippen LogP contribution in [0.1, 0.15) is 30.7 Å². The van der Waals surface area contributed by atoms with E-state index in [1.807, 2.05) is 42.1 Å². The number of nitrogens with zero attached hydrogens (tertiary/aromatic N) is 2. The second kappa shape index (κ2) is 7.97. The van der Waals surface area contributed by atoms with Gasteiger partial charge in [-0.3, -0.25) is 4.79 Å². The monoisotopic (exact) mass is 328 g/mol. The second-order valence-electron chi connectivity index (χ2n) is 6.11. The molecule has 128 valence electrons. The molecule has 2 N–H and O–H groups in total. The van der Waals surface area contributed by atoms with Crippen LogP contribution in [0.5, 0.6) is 5.75 Å². The number of imidazole rings is 1. The average molecular weight is 328 g/mol. The number of aromatic nitrogens is 2. The molecule has 1 aromatic heterocycles. The number of rotatable bonds is 6. The number of benzene rings is 1. The minimum atomic E-state index is -0.0909. The minimum Gasteiger partial charge on any atom is -0.486 e. The van der Waals surface area contributed by atoms with Crippen molar-refractivity contribution in [3.8, 4) is 5.75 Å². The zero-order valence-corrected chi connectivity index (χ0v) is 14.0. The molecule has 1 fully saturated rings. The van der Waals surface area contributed by atoms with Crippen LogP contribution in [-0.2, 0) is 25.0 Å². The molecule has 1 atom stereocenters. The predicted molar refractivity (Wildman–Crippen MR) is 91.5 cm³/mol. The number of aryl methyl sites for hydroxylation is 1. The van der Waals surface area contributed by atoms with Gasteiger partial charge in [0.1, 0.15) is 18.2 Å². The van der Waals surface area contributed by atoms with Crippen LogP contribution in [0.15, 0.2) is 36.7 Å². The van der Waals surface area contributed by atoms with Gasteiger partial charge in [0, 0.05) is 32.5 Å². The molecule has 0 saturated carbocycles. The van der Waals surface area contributed by atoms with E-state index >= 15 is 0 Å². The lowest BCUT2D eigenvalue weighted by Crippen LogP contribution is -2.42. The number of hydrogen-bond donors (Lipinski definition) is 2. The van der Waals surface area contributed by atoms with Crippen molar-refractivity contribution in [1.82, 2.24) is 20.2 Å². The lowest BCUT2D eigenvalue weighted by molar-refractivity contribution is -0.122. The Labute approximate surface area is 142 Å². The minimum absolute atomic E-state index is 0.0909. The van der Waals surface area contributed by atoms with E-state index in [-0.39, 0.29) is 11.9 Å². The van der Waals surface area contributed by atoms with Gasteiger partial charge in [-0.2, -0.15) is 0 Å². The van der Waals surface area contributed by atoms with Gasteiger partial charge in [0.15, 0.2) is 0 Å². The summed E-state index contributed by atoms with van der Waals surface area (Å²) >= 11 is 0. The second-order valence-corrected chi connectivity index (χ2v) is 6.11. The molecule has 1 aliphatic heterocycles. The van der Waals surface area contributed by atoms with E-state index in [1.165, 1.54) is 0 Å². The summed E-state index contributed by atoms with van der Waals surface area (Å²) in [6, 6.07) is 7.86. The SMILES string of the molecule is Cn1ccnc1COc1ccc(CN[C@H]2CCCCNC2=O)cc1. The third kappa shape index (κ3) is 4.35. The molecule has 1 amide bonds. The van der Waals surface area contributed by atoms with Crippen molar-refractivity contribution in [2.75, 3.05) is 6.54 Å². The standard InChI is InChI=1S/C18H24N4O2/c1-22-11-10-19-17(22)13-24-15-7-5-14(6-8-15)12-21-16-4-2-3-9-20-18(16)23/h5-8,10-11,16,21H,2-4,9,12-13H2,1H3,(H,20,23)/t16-/m0/s1. The fourth-order valence-electron chi connectivity index (χ4n) is 2.76. The Kier molecular flexibility index (Phi) is 5.48. The maximum Gasteiger partial charge on any atom is 0.237 e. The molecule has 0 bridgehead atoms. The summed E-state index contributed by atoms with van der Waals surface area (Å²) in [5.41, 5.74) is 1.14. The summed E-state index contributed by atoms with van der Waals surface area (Å²) in [6.45, 7) is 1.92. The number of hydrogen-bond acceptors (Lipinski definition) is 4. The Balaban J connectivity index is 1.49. The Bertz CT molecular complexity index is 666. The average Bonchev–Trinajstić information content (AvgIpc) is 2.89. The number of nitrogens with one attached hydrogen (secondary N) is 2. The highest BCUT2D eigenvalue weighted by molar-refractivity contribution is 5.81. The molecule has 2 heterocycles. The van der Waals surface area contributed by atoms with E-state index in [2.05, 4.69) is 15.6 Å². The Morgan fingerprint density at radius 2 is 2.17 bits per heavy atom. The van der Waals surface area contributed by atoms with Gasteiger partial charge in [-0.15, -0.1) is 0 Å². The van der Waals surface area contributed by atoms with Crippen molar-refractivity contribution in [2.45, 2.75) is 38.5 Å². The zero-order chi connectivity index (χ0) is 16.8. The lowest BCUT2D eigenvalue weighted by Gasteiger charge is -2.15. The van der Waals surface area contributed by atoms with Crippen LogP contribution in [0.3, 0.4) is 0 Å². The fourth-order valence-corrected chi connectivity index (χ4v) is 2.76. The van der Waals surface area contributed by atoms with Crippen molar-refractivity contribution in [1.29, 1.82) is 0 Å². The molecule has 0 radical (unpaired) electrons. The topological polar surface area (TPSA) is 68.2 Å². The summed E-state index contributed by atoms with van der Waals surface area (Å²) in [6.07, 6.45) is 6.70. The van der Waals surface area contributed by atoms with Crippen LogP contribution < -0.4 is 15.4 Å². The zero-order valence-electron chi connectivity index (χ0n) is 14.0. The highest BCUT2D eigenvalue weighted by Crippen LogP contribution is 2.14. The van der Waals surface area contributed by atoms with Gasteiger partial charge in [-0.05, 0) is 37.0 Å². The first-order chi connectivity index (χ1) is 11.7. The molecular formula is C18H24N4O2. The first-order valence-electron chi connectivity index (χ1n) is 8.41. The van der Waals surface area contributed by atoms with Crippen LogP contribution in [-0.4, -0.2) is 28.0 Å². The van der Waals surface area contributed by atoms with E-state index < -0.39 is 0 Å². The van der Waals surface area contributed by atoms with Gasteiger partial charge >= 0.3 is 0 Å². The van der Waals surface area contributed by atoms with Crippen LogP contribution in [0.2, 0.25) is 0 Å². The molecule has 6 heteroatoms. The van der Waals surface area contributed by atoms with Crippen molar-refractivity contribution < 1.29 is 9.53 Å². The van der Waals surface area contributed by atoms with Crippen LogP contribution in [0, 0.1) is 0 Å². The van der Waals surface area contributed by atoms with Gasteiger partial charge in [-0.1, -0.05) is 12.1 Å². The van der Waals surface area contributed by atoms with Crippen LogP contribution in [0.4, 0.5) is 0 Å². The Morgan fingerprint density at radius 1 is 1.33 bits per heavy atom. The number of amides is 1. The van der Waals surface area contributed by atoms with Gasteiger partial charge in [0.2, 0.25) is 5.91 Å². The molecule has 1 saturated heterocycles. The molecule has 0 spiro atoms. The van der Waals surface area contributed by atoms with E-state index in [9.17, 15) is 4.79 Å². The van der Waals surface area contributed by atoms with Gasteiger partial charge in [0.25, 0.3) is 0 Å². The summed E-state index contributed by atoms with van der Waals surface area (Å²) in [7, 11) is 1.95. The van der Waals surface area contributed by atoms with Crippen molar-refractivity contribution >= 4 is 5.91 Å². The largest absolute Gasteiger partial charge is 0.486 e. The quantitative estimate of drug-likeness (QED) is 0.848. The molecule has 2 aromatic rings. The number of carbonyl (C=O) groups is 1. The fraction of sp³-hybridized carbons (Fsp3) is 0.444. The highest BCUT2D eigenvalue weighted by Gasteiger charge is 2.19. The number of ether oxygens (including phenoxy) is 1. The third-order valence-electron chi connectivity index (χ3n) is 4.30. The summed E-state index contributed by atoms with van der Waals surface area (Å²) < 4.78 is 7.69. The van der Waals surface area contributed by atoms with Gasteiger partial charge in [0.05, 0.1) is 6.04 Å². The molecule has 1 aromatic carbocycles. The highest BCUT2D eigenvalue weighted by atomic mass is 16.5. The van der Waals surface area contributed by atoms with E-state index in [0.29, 0.717) is 13.2 Å². The lowest BCUT2D eigenvalue weighted by atomic mass is 10.1. The smallest absolute Gasteiger partial charge is 0.237 e. The van der Waals surface area contributed by atoms with E-state index in [0.717, 1.165) is 42.9 Å². The van der Waals surface area contributed by atoms with Crippen LogP contribution >= 0.6 is 0 Å². The normalized spacial score (nSPS) is 18.0. The maximum atomic E-state index is 11.9. The summed E-state index contributed by atoms with van der Waals surface area (Å²) in [5.74, 6) is 1.82. The van der Waals surface area contributed by atoms with Crippen molar-refractivity contribution in [3.63, 3.8) is 0 Å². The number of carbonyl (C=O) groups excluding carboxylic acids is 1. The van der Waals surface area contributed by atoms with Gasteiger partial charge in [-0.25, -0.2) is 4.98 Å². The first-order valence-corrected chi connectivity index (χ1v) is 8.41. The molecule has 3 rings (SSSR count). The van der Waals surface area contributed by atoms with E-state index in [4.69, 9.17) is 4.74 Å². The van der Waals surface area contributed by atoms with Gasteiger partial charge < -0.3 is 19.9 Å².